The first kappa shape index (κ1) is 22.7. The zero-order valence-corrected chi connectivity index (χ0v) is 19.8. The second-order valence-corrected chi connectivity index (χ2v) is 9.65. The second-order valence-electron chi connectivity index (χ2n) is 9.65. The van der Waals surface area contributed by atoms with E-state index in [1.807, 2.05) is 23.2 Å². The van der Waals surface area contributed by atoms with Crippen molar-refractivity contribution < 1.29 is 9.59 Å². The lowest BCUT2D eigenvalue weighted by atomic mass is 9.82. The molecule has 34 heavy (non-hydrogen) atoms. The number of hydrogen-bond acceptors (Lipinski definition) is 3. The fraction of sp³-hybridized carbons (Fsp3) is 0.429. The molecule has 2 aliphatic heterocycles. The lowest BCUT2D eigenvalue weighted by Gasteiger charge is -2.50. The summed E-state index contributed by atoms with van der Waals surface area (Å²) in [5.74, 6) is 0.0607. The number of aromatic nitrogens is 1. The van der Waals surface area contributed by atoms with Crippen LogP contribution < -0.4 is 5.32 Å². The number of unbranched alkanes of at least 4 members (excludes halogenated alkanes) is 1. The maximum atomic E-state index is 13.1. The Hall–Kier alpha value is -3.12. The van der Waals surface area contributed by atoms with Gasteiger partial charge in [0, 0.05) is 36.7 Å². The number of amides is 2. The standard InChI is InChI=1S/C28H34N4O2/c33-26-21-30-27(34)28(32(26)17-13-23-20-29-25-12-5-4-11-24(23)25)14-18-31(19-15-28)16-7-6-10-22-8-2-1-3-9-22/h1-5,8-9,11-12,20,29H,6-7,10,13-19,21H2,(H,30,34). The molecule has 0 radical (unpaired) electrons. The van der Waals surface area contributed by atoms with E-state index in [1.165, 1.54) is 22.9 Å². The number of carbonyl (C=O) groups excluding carboxylic acids is 2. The van der Waals surface area contributed by atoms with E-state index < -0.39 is 5.54 Å². The Balaban J connectivity index is 1.18. The number of H-pyrrole nitrogens is 1. The zero-order valence-electron chi connectivity index (χ0n) is 19.8. The summed E-state index contributed by atoms with van der Waals surface area (Å²) in [5, 5.41) is 4.07. The Morgan fingerprint density at radius 3 is 2.44 bits per heavy atom. The number of nitrogens with one attached hydrogen (secondary N) is 2. The lowest BCUT2D eigenvalue weighted by molar-refractivity contribution is -0.157. The molecule has 1 spiro atoms. The van der Waals surface area contributed by atoms with Crippen LogP contribution in [-0.4, -0.2) is 64.9 Å². The molecule has 0 atom stereocenters. The highest BCUT2D eigenvalue weighted by Gasteiger charge is 2.50. The molecule has 2 aliphatic rings. The summed E-state index contributed by atoms with van der Waals surface area (Å²) in [6.07, 6.45) is 7.61. The van der Waals surface area contributed by atoms with Crippen LogP contribution in [0.5, 0.6) is 0 Å². The van der Waals surface area contributed by atoms with Crippen LogP contribution in [0.1, 0.15) is 36.8 Å². The van der Waals surface area contributed by atoms with E-state index in [4.69, 9.17) is 0 Å². The molecule has 2 fully saturated rings. The Bertz CT molecular complexity index is 1130. The number of aryl methyl sites for hydroxylation is 1. The van der Waals surface area contributed by atoms with Crippen molar-refractivity contribution in [3.63, 3.8) is 0 Å². The molecule has 6 nitrogen and oxygen atoms in total. The third kappa shape index (κ3) is 4.60. The van der Waals surface area contributed by atoms with E-state index in [0.29, 0.717) is 19.4 Å². The fourth-order valence-corrected chi connectivity index (χ4v) is 5.64. The SMILES string of the molecule is O=C1CNC(=O)C2(CCN(CCCCc3ccccc3)CC2)N1CCc1c[nH]c2ccccc12. The van der Waals surface area contributed by atoms with E-state index in [-0.39, 0.29) is 18.4 Å². The number of carbonyl (C=O) groups is 2. The van der Waals surface area contributed by atoms with Crippen molar-refractivity contribution in [2.45, 2.75) is 44.1 Å². The molecule has 2 aromatic carbocycles. The number of aromatic amines is 1. The Morgan fingerprint density at radius 2 is 1.62 bits per heavy atom. The van der Waals surface area contributed by atoms with Gasteiger partial charge < -0.3 is 20.1 Å². The molecule has 1 aromatic heterocycles. The number of likely N-dealkylation sites (tertiary alicyclic amines) is 1. The molecule has 178 valence electrons. The third-order valence-corrected chi connectivity index (χ3v) is 7.64. The van der Waals surface area contributed by atoms with E-state index in [9.17, 15) is 9.59 Å². The highest BCUT2D eigenvalue weighted by atomic mass is 16.2. The molecule has 5 rings (SSSR count). The minimum Gasteiger partial charge on any atom is -0.361 e. The van der Waals surface area contributed by atoms with Crippen LogP contribution in [-0.2, 0) is 22.4 Å². The average Bonchev–Trinajstić information content (AvgIpc) is 3.29. The molecule has 3 heterocycles. The van der Waals surface area contributed by atoms with Crippen LogP contribution in [0.25, 0.3) is 10.9 Å². The highest BCUT2D eigenvalue weighted by molar-refractivity contribution is 5.98. The monoisotopic (exact) mass is 458 g/mol. The maximum Gasteiger partial charge on any atom is 0.246 e. The van der Waals surface area contributed by atoms with Crippen LogP contribution >= 0.6 is 0 Å². The second kappa shape index (κ2) is 10.0. The van der Waals surface area contributed by atoms with Crippen LogP contribution in [0, 0.1) is 0 Å². The molecule has 3 aromatic rings. The van der Waals surface area contributed by atoms with Gasteiger partial charge in [0.2, 0.25) is 11.8 Å². The highest BCUT2D eigenvalue weighted by Crippen LogP contribution is 2.32. The molecule has 0 bridgehead atoms. The normalized spacial score (nSPS) is 18.5. The summed E-state index contributed by atoms with van der Waals surface area (Å²) in [6, 6.07) is 18.9. The first-order valence-electron chi connectivity index (χ1n) is 12.6. The van der Waals surface area contributed by atoms with Crippen LogP contribution in [0.15, 0.2) is 60.8 Å². The zero-order chi connectivity index (χ0) is 23.4. The first-order valence-corrected chi connectivity index (χ1v) is 12.6. The van der Waals surface area contributed by atoms with E-state index in [1.54, 1.807) is 0 Å². The van der Waals surface area contributed by atoms with Crippen molar-refractivity contribution in [1.82, 2.24) is 20.1 Å². The predicted molar refractivity (Wildman–Crippen MR) is 135 cm³/mol. The van der Waals surface area contributed by atoms with Crippen molar-refractivity contribution in [3.05, 3.63) is 71.9 Å². The number of piperazine rings is 1. The largest absolute Gasteiger partial charge is 0.361 e. The molecule has 6 heteroatoms. The van der Waals surface area contributed by atoms with Gasteiger partial charge in [0.15, 0.2) is 0 Å². The Kier molecular flexibility index (Phi) is 6.68. The number of nitrogens with zero attached hydrogens (tertiary/aromatic N) is 2. The van der Waals surface area contributed by atoms with E-state index in [2.05, 4.69) is 57.7 Å². The number of hydrogen-bond donors (Lipinski definition) is 2. The summed E-state index contributed by atoms with van der Waals surface area (Å²) >= 11 is 0. The van der Waals surface area contributed by atoms with Gasteiger partial charge in [-0.1, -0.05) is 48.5 Å². The van der Waals surface area contributed by atoms with Crippen molar-refractivity contribution in [1.29, 1.82) is 0 Å². The van der Waals surface area contributed by atoms with E-state index in [0.717, 1.165) is 44.4 Å². The summed E-state index contributed by atoms with van der Waals surface area (Å²) < 4.78 is 0. The van der Waals surface area contributed by atoms with Crippen molar-refractivity contribution in [3.8, 4) is 0 Å². The molecule has 2 saturated heterocycles. The van der Waals surface area contributed by atoms with Gasteiger partial charge in [0.05, 0.1) is 6.54 Å². The van der Waals surface area contributed by atoms with Gasteiger partial charge >= 0.3 is 0 Å². The Labute approximate surface area is 201 Å². The Morgan fingerprint density at radius 1 is 0.853 bits per heavy atom. The maximum absolute atomic E-state index is 13.1. The van der Waals surface area contributed by atoms with Crippen molar-refractivity contribution >= 4 is 22.7 Å². The number of benzene rings is 2. The number of fused-ring (bicyclic) bond motifs is 1. The number of para-hydroxylation sites is 1. The van der Waals surface area contributed by atoms with Gasteiger partial charge in [-0.25, -0.2) is 0 Å². The van der Waals surface area contributed by atoms with Gasteiger partial charge in [-0.3, -0.25) is 9.59 Å². The lowest BCUT2D eigenvalue weighted by Crippen LogP contribution is -2.70. The average molecular weight is 459 g/mol. The van der Waals surface area contributed by atoms with Crippen LogP contribution in [0.3, 0.4) is 0 Å². The molecular formula is C28H34N4O2. The first-order chi connectivity index (χ1) is 16.7. The van der Waals surface area contributed by atoms with E-state index >= 15 is 0 Å². The fourth-order valence-electron chi connectivity index (χ4n) is 5.64. The molecule has 0 saturated carbocycles. The third-order valence-electron chi connectivity index (χ3n) is 7.64. The molecule has 0 unspecified atom stereocenters. The smallest absolute Gasteiger partial charge is 0.246 e. The van der Waals surface area contributed by atoms with Gasteiger partial charge in [0.1, 0.15) is 5.54 Å². The van der Waals surface area contributed by atoms with Crippen molar-refractivity contribution in [2.75, 3.05) is 32.7 Å². The number of rotatable bonds is 8. The predicted octanol–water partition coefficient (Wildman–Crippen LogP) is 3.53. The summed E-state index contributed by atoms with van der Waals surface area (Å²) in [4.78, 5) is 33.7. The van der Waals surface area contributed by atoms with Gasteiger partial charge in [-0.05, 0) is 62.3 Å². The summed E-state index contributed by atoms with van der Waals surface area (Å²) in [5.41, 5.74) is 2.99. The van der Waals surface area contributed by atoms with Gasteiger partial charge in [-0.15, -0.1) is 0 Å². The molecule has 2 N–H and O–H groups in total. The van der Waals surface area contributed by atoms with Crippen LogP contribution in [0.4, 0.5) is 0 Å². The van der Waals surface area contributed by atoms with Gasteiger partial charge in [0.25, 0.3) is 0 Å². The van der Waals surface area contributed by atoms with Crippen molar-refractivity contribution in [2.24, 2.45) is 0 Å². The quantitative estimate of drug-likeness (QED) is 0.508. The molecule has 2 amide bonds. The summed E-state index contributed by atoms with van der Waals surface area (Å²) in [7, 11) is 0. The molecular weight excluding hydrogens is 424 g/mol. The topological polar surface area (TPSA) is 68.4 Å². The number of piperidine rings is 1. The minimum absolute atomic E-state index is 0.0229. The minimum atomic E-state index is -0.706. The van der Waals surface area contributed by atoms with Gasteiger partial charge in [-0.2, -0.15) is 0 Å². The molecule has 0 aliphatic carbocycles. The van der Waals surface area contributed by atoms with Crippen LogP contribution in [0.2, 0.25) is 0 Å². The summed E-state index contributed by atoms with van der Waals surface area (Å²) in [6.45, 7) is 3.45.